The van der Waals surface area contributed by atoms with Crippen molar-refractivity contribution in [2.45, 2.75) is 18.9 Å². The molecule has 1 heterocycles. The molecule has 1 N–H and O–H groups in total. The van der Waals surface area contributed by atoms with Gasteiger partial charge in [0, 0.05) is 6.04 Å². The molecule has 0 spiro atoms. The van der Waals surface area contributed by atoms with E-state index in [2.05, 4.69) is 38.4 Å². The zero-order chi connectivity index (χ0) is 13.2. The van der Waals surface area contributed by atoms with Crippen LogP contribution in [-0.2, 0) is 12.8 Å². The fourth-order valence-electron chi connectivity index (χ4n) is 2.45. The third kappa shape index (κ3) is 2.68. The summed E-state index contributed by atoms with van der Waals surface area (Å²) in [5.41, 5.74) is 3.11. The highest BCUT2D eigenvalue weighted by atomic mass is 79.9. The van der Waals surface area contributed by atoms with Crippen molar-refractivity contribution in [3.05, 3.63) is 63.9 Å². The lowest BCUT2D eigenvalue weighted by Crippen LogP contribution is -2.35. The Kier molecular flexibility index (Phi) is 3.34. The van der Waals surface area contributed by atoms with Crippen LogP contribution in [-0.4, -0.2) is 16.9 Å². The molecule has 3 rings (SSSR count). The maximum atomic E-state index is 12.1. The maximum absolute atomic E-state index is 12.1. The van der Waals surface area contributed by atoms with Gasteiger partial charge in [-0.1, -0.05) is 30.3 Å². The van der Waals surface area contributed by atoms with E-state index in [9.17, 15) is 4.79 Å². The Balaban J connectivity index is 1.69. The Morgan fingerprint density at radius 2 is 1.79 bits per heavy atom. The van der Waals surface area contributed by atoms with Crippen LogP contribution in [0.4, 0.5) is 0 Å². The van der Waals surface area contributed by atoms with Gasteiger partial charge in [0.1, 0.15) is 10.3 Å². The monoisotopic (exact) mass is 316 g/mol. The second kappa shape index (κ2) is 5.13. The number of benzene rings is 1. The van der Waals surface area contributed by atoms with Crippen molar-refractivity contribution in [1.82, 2.24) is 10.3 Å². The number of carbonyl (C=O) groups is 1. The molecule has 1 aliphatic carbocycles. The summed E-state index contributed by atoms with van der Waals surface area (Å²) in [7, 11) is 0. The van der Waals surface area contributed by atoms with E-state index in [0.29, 0.717) is 10.3 Å². The molecule has 0 unspecified atom stereocenters. The average Bonchev–Trinajstić information content (AvgIpc) is 2.80. The van der Waals surface area contributed by atoms with Crippen LogP contribution in [0.25, 0.3) is 0 Å². The molecule has 0 atom stereocenters. The number of amides is 1. The van der Waals surface area contributed by atoms with Crippen LogP contribution in [0.2, 0.25) is 0 Å². The van der Waals surface area contributed by atoms with Gasteiger partial charge in [0.15, 0.2) is 0 Å². The summed E-state index contributed by atoms with van der Waals surface area (Å²) in [6.07, 6.45) is 1.80. The molecule has 3 nitrogen and oxygen atoms in total. The van der Waals surface area contributed by atoms with Gasteiger partial charge in [-0.15, -0.1) is 0 Å². The number of nitrogens with one attached hydrogen (secondary N) is 1. The molecule has 19 heavy (non-hydrogen) atoms. The normalized spacial score (nSPS) is 14.2. The number of nitrogens with zero attached hydrogens (tertiary/aromatic N) is 1. The van der Waals surface area contributed by atoms with Crippen LogP contribution < -0.4 is 5.32 Å². The second-order valence-corrected chi connectivity index (χ2v) is 5.51. The highest BCUT2D eigenvalue weighted by molar-refractivity contribution is 9.10. The number of rotatable bonds is 2. The van der Waals surface area contributed by atoms with Crippen molar-refractivity contribution in [3.63, 3.8) is 0 Å². The van der Waals surface area contributed by atoms with Gasteiger partial charge in [-0.2, -0.15) is 0 Å². The first kappa shape index (κ1) is 12.4. The maximum Gasteiger partial charge on any atom is 0.270 e. The number of hydrogen-bond acceptors (Lipinski definition) is 2. The smallest absolute Gasteiger partial charge is 0.270 e. The van der Waals surface area contributed by atoms with Crippen molar-refractivity contribution in [3.8, 4) is 0 Å². The van der Waals surface area contributed by atoms with Gasteiger partial charge in [-0.3, -0.25) is 4.79 Å². The van der Waals surface area contributed by atoms with Gasteiger partial charge < -0.3 is 5.32 Å². The molecule has 1 aromatic heterocycles. The molecule has 2 aromatic rings. The number of carbonyl (C=O) groups excluding carboxylic acids is 1. The Hall–Kier alpha value is -1.68. The second-order valence-electron chi connectivity index (χ2n) is 4.69. The number of hydrogen-bond donors (Lipinski definition) is 1. The molecule has 1 aliphatic rings. The first-order valence-corrected chi connectivity index (χ1v) is 7.02. The molecule has 0 saturated heterocycles. The molecule has 4 heteroatoms. The standard InChI is InChI=1S/C15H13BrN2O/c16-14-7-3-6-13(18-14)15(19)17-12-8-10-4-1-2-5-11(10)9-12/h1-7,12H,8-9H2,(H,17,19). The predicted molar refractivity (Wildman–Crippen MR) is 77.0 cm³/mol. The van der Waals surface area contributed by atoms with E-state index in [1.165, 1.54) is 11.1 Å². The Labute approximate surface area is 120 Å². The molecule has 0 aliphatic heterocycles. The zero-order valence-corrected chi connectivity index (χ0v) is 11.9. The lowest BCUT2D eigenvalue weighted by atomic mass is 10.1. The molecule has 0 fully saturated rings. The van der Waals surface area contributed by atoms with Crippen molar-refractivity contribution in [2.24, 2.45) is 0 Å². The number of halogens is 1. The van der Waals surface area contributed by atoms with Crippen molar-refractivity contribution >= 4 is 21.8 Å². The lowest BCUT2D eigenvalue weighted by Gasteiger charge is -2.11. The molecule has 1 amide bonds. The predicted octanol–water partition coefficient (Wildman–Crippen LogP) is 2.74. The van der Waals surface area contributed by atoms with Crippen LogP contribution in [0, 0.1) is 0 Å². The minimum absolute atomic E-state index is 0.112. The summed E-state index contributed by atoms with van der Waals surface area (Å²) in [6, 6.07) is 13.8. The molecular formula is C15H13BrN2O. The van der Waals surface area contributed by atoms with E-state index in [4.69, 9.17) is 0 Å². The van der Waals surface area contributed by atoms with Crippen LogP contribution in [0.3, 0.4) is 0 Å². The van der Waals surface area contributed by atoms with Crippen molar-refractivity contribution < 1.29 is 4.79 Å². The average molecular weight is 317 g/mol. The summed E-state index contributed by atoms with van der Waals surface area (Å²) in [5, 5.41) is 3.05. The minimum atomic E-state index is -0.112. The molecule has 0 radical (unpaired) electrons. The van der Waals surface area contributed by atoms with Crippen molar-refractivity contribution in [1.29, 1.82) is 0 Å². The van der Waals surface area contributed by atoms with Gasteiger partial charge in [-0.05, 0) is 52.0 Å². The van der Waals surface area contributed by atoms with Gasteiger partial charge in [0.2, 0.25) is 0 Å². The van der Waals surface area contributed by atoms with E-state index in [1.54, 1.807) is 6.07 Å². The van der Waals surface area contributed by atoms with E-state index in [1.807, 2.05) is 24.3 Å². The van der Waals surface area contributed by atoms with E-state index in [-0.39, 0.29) is 11.9 Å². The zero-order valence-electron chi connectivity index (χ0n) is 10.3. The third-order valence-electron chi connectivity index (χ3n) is 3.33. The molecule has 0 bridgehead atoms. The molecule has 0 saturated carbocycles. The Bertz CT molecular complexity index is 602. The highest BCUT2D eigenvalue weighted by Gasteiger charge is 2.23. The van der Waals surface area contributed by atoms with Crippen LogP contribution in [0.15, 0.2) is 47.1 Å². The summed E-state index contributed by atoms with van der Waals surface area (Å²) >= 11 is 3.28. The topological polar surface area (TPSA) is 42.0 Å². The van der Waals surface area contributed by atoms with E-state index >= 15 is 0 Å². The fraction of sp³-hybridized carbons (Fsp3) is 0.200. The van der Waals surface area contributed by atoms with Crippen LogP contribution >= 0.6 is 15.9 Å². The third-order valence-corrected chi connectivity index (χ3v) is 3.78. The van der Waals surface area contributed by atoms with Gasteiger partial charge in [-0.25, -0.2) is 4.98 Å². The first-order chi connectivity index (χ1) is 9.22. The molecular weight excluding hydrogens is 304 g/mol. The number of pyridine rings is 1. The quantitative estimate of drug-likeness (QED) is 0.866. The van der Waals surface area contributed by atoms with Gasteiger partial charge >= 0.3 is 0 Å². The van der Waals surface area contributed by atoms with E-state index < -0.39 is 0 Å². The lowest BCUT2D eigenvalue weighted by molar-refractivity contribution is 0.0933. The van der Waals surface area contributed by atoms with Gasteiger partial charge in [0.05, 0.1) is 0 Å². The largest absolute Gasteiger partial charge is 0.347 e. The number of fused-ring (bicyclic) bond motifs is 1. The molecule has 96 valence electrons. The summed E-state index contributed by atoms with van der Waals surface area (Å²) in [5.74, 6) is -0.112. The Morgan fingerprint density at radius 3 is 2.42 bits per heavy atom. The van der Waals surface area contributed by atoms with Gasteiger partial charge in [0.25, 0.3) is 5.91 Å². The SMILES string of the molecule is O=C(NC1Cc2ccccc2C1)c1cccc(Br)n1. The van der Waals surface area contributed by atoms with Crippen molar-refractivity contribution in [2.75, 3.05) is 0 Å². The fourth-order valence-corrected chi connectivity index (χ4v) is 2.80. The summed E-state index contributed by atoms with van der Waals surface area (Å²) in [6.45, 7) is 0. The summed E-state index contributed by atoms with van der Waals surface area (Å²) in [4.78, 5) is 16.3. The minimum Gasteiger partial charge on any atom is -0.347 e. The van der Waals surface area contributed by atoms with Crippen LogP contribution in [0.1, 0.15) is 21.6 Å². The summed E-state index contributed by atoms with van der Waals surface area (Å²) < 4.78 is 0.676. The first-order valence-electron chi connectivity index (χ1n) is 6.22. The Morgan fingerprint density at radius 1 is 1.11 bits per heavy atom. The number of aromatic nitrogens is 1. The highest BCUT2D eigenvalue weighted by Crippen LogP contribution is 2.21. The van der Waals surface area contributed by atoms with E-state index in [0.717, 1.165) is 12.8 Å². The van der Waals surface area contributed by atoms with Crippen LogP contribution in [0.5, 0.6) is 0 Å². The molecule has 1 aromatic carbocycles.